The van der Waals surface area contributed by atoms with Crippen molar-refractivity contribution in [2.24, 2.45) is 0 Å². The fraction of sp³-hybridized carbons (Fsp3) is 0.394. The van der Waals surface area contributed by atoms with Crippen LogP contribution in [0.5, 0.6) is 0 Å². The zero-order valence-electron chi connectivity index (χ0n) is 25.3. The van der Waals surface area contributed by atoms with Crippen LogP contribution in [0.2, 0.25) is 10.0 Å². The number of amides is 2. The second kappa shape index (κ2) is 15.5. The van der Waals surface area contributed by atoms with E-state index in [9.17, 15) is 31.2 Å². The first kappa shape index (κ1) is 35.6. The first-order chi connectivity index (χ1) is 21.7. The van der Waals surface area contributed by atoms with E-state index in [1.807, 2.05) is 30.3 Å². The van der Waals surface area contributed by atoms with Crippen molar-refractivity contribution < 1.29 is 31.2 Å². The molecule has 0 radical (unpaired) electrons. The van der Waals surface area contributed by atoms with E-state index in [-0.39, 0.29) is 50.0 Å². The highest BCUT2D eigenvalue weighted by atomic mass is 35.5. The molecule has 1 fully saturated rings. The molecule has 1 atom stereocenters. The quantitative estimate of drug-likeness (QED) is 0.204. The molecule has 0 heterocycles. The molecule has 1 aliphatic carbocycles. The summed E-state index contributed by atoms with van der Waals surface area (Å²) in [5.41, 5.74) is 0.250. The van der Waals surface area contributed by atoms with E-state index in [1.54, 1.807) is 18.2 Å². The number of sulfonamides is 1. The van der Waals surface area contributed by atoms with Crippen LogP contribution in [0.3, 0.4) is 0 Å². The average molecular weight is 699 g/mol. The highest BCUT2D eigenvalue weighted by molar-refractivity contribution is 7.92. The van der Waals surface area contributed by atoms with Gasteiger partial charge in [0.05, 0.1) is 17.5 Å². The molecule has 0 aliphatic heterocycles. The van der Waals surface area contributed by atoms with Gasteiger partial charge in [-0.15, -0.1) is 0 Å². The molecule has 3 aromatic rings. The van der Waals surface area contributed by atoms with Gasteiger partial charge in [0.2, 0.25) is 21.8 Å². The molecule has 7 nitrogen and oxygen atoms in total. The largest absolute Gasteiger partial charge is 0.416 e. The van der Waals surface area contributed by atoms with Crippen molar-refractivity contribution >= 4 is 50.7 Å². The Morgan fingerprint density at radius 2 is 1.67 bits per heavy atom. The first-order valence-corrected chi connectivity index (χ1v) is 17.6. The fourth-order valence-corrected chi connectivity index (χ4v) is 7.02. The minimum atomic E-state index is -4.66. The molecular formula is C33H36Cl2F3N3O4S. The molecule has 0 saturated heterocycles. The number of nitrogens with one attached hydrogen (secondary N) is 1. The summed E-state index contributed by atoms with van der Waals surface area (Å²) in [6.45, 7) is -0.271. The van der Waals surface area contributed by atoms with Crippen molar-refractivity contribution in [2.75, 3.05) is 17.1 Å². The van der Waals surface area contributed by atoms with E-state index in [0.29, 0.717) is 15.6 Å². The number of alkyl halides is 3. The summed E-state index contributed by atoms with van der Waals surface area (Å²) in [5, 5.41) is 3.83. The van der Waals surface area contributed by atoms with Crippen LogP contribution < -0.4 is 9.62 Å². The molecule has 4 rings (SSSR count). The Balaban J connectivity index is 1.62. The third kappa shape index (κ3) is 9.86. The van der Waals surface area contributed by atoms with Gasteiger partial charge in [0.1, 0.15) is 6.04 Å². The normalized spacial score (nSPS) is 14.6. The summed E-state index contributed by atoms with van der Waals surface area (Å²) < 4.78 is 66.2. The lowest BCUT2D eigenvalue weighted by Gasteiger charge is -2.33. The highest BCUT2D eigenvalue weighted by Gasteiger charge is 2.34. The van der Waals surface area contributed by atoms with E-state index in [1.165, 1.54) is 11.0 Å². The van der Waals surface area contributed by atoms with E-state index in [2.05, 4.69) is 5.32 Å². The highest BCUT2D eigenvalue weighted by Crippen LogP contribution is 2.32. The van der Waals surface area contributed by atoms with E-state index in [4.69, 9.17) is 23.2 Å². The number of hydrogen-bond acceptors (Lipinski definition) is 4. The topological polar surface area (TPSA) is 86.8 Å². The zero-order valence-corrected chi connectivity index (χ0v) is 27.6. The number of carbonyl (C=O) groups is 2. The zero-order chi connectivity index (χ0) is 33.5. The van der Waals surface area contributed by atoms with Crippen LogP contribution in [0.15, 0.2) is 72.8 Å². The van der Waals surface area contributed by atoms with Gasteiger partial charge in [0.15, 0.2) is 0 Å². The van der Waals surface area contributed by atoms with E-state index in [0.717, 1.165) is 60.0 Å². The summed E-state index contributed by atoms with van der Waals surface area (Å²) in [5.74, 6) is -0.748. The number of nitrogens with zero attached hydrogens (tertiary/aromatic N) is 2. The van der Waals surface area contributed by atoms with Crippen molar-refractivity contribution in [1.29, 1.82) is 0 Å². The lowest BCUT2D eigenvalue weighted by Crippen LogP contribution is -2.52. The van der Waals surface area contributed by atoms with Gasteiger partial charge in [0, 0.05) is 42.0 Å². The number of rotatable bonds is 13. The molecule has 1 aliphatic rings. The molecule has 0 aromatic heterocycles. The third-order valence-electron chi connectivity index (χ3n) is 7.94. The Kier molecular flexibility index (Phi) is 12.0. The predicted molar refractivity (Wildman–Crippen MR) is 174 cm³/mol. The van der Waals surface area contributed by atoms with Gasteiger partial charge in [-0.1, -0.05) is 78.5 Å². The number of benzene rings is 3. The Labute approximate surface area is 277 Å². The molecule has 3 aromatic carbocycles. The van der Waals surface area contributed by atoms with Crippen LogP contribution >= 0.6 is 23.2 Å². The minimum absolute atomic E-state index is 0.00220. The van der Waals surface area contributed by atoms with Gasteiger partial charge in [0.25, 0.3) is 0 Å². The Morgan fingerprint density at radius 3 is 2.30 bits per heavy atom. The minimum Gasteiger partial charge on any atom is -0.352 e. The van der Waals surface area contributed by atoms with Gasteiger partial charge in [-0.2, -0.15) is 13.2 Å². The smallest absolute Gasteiger partial charge is 0.352 e. The monoisotopic (exact) mass is 697 g/mol. The van der Waals surface area contributed by atoms with Gasteiger partial charge in [-0.05, 0) is 60.7 Å². The summed E-state index contributed by atoms with van der Waals surface area (Å²) in [4.78, 5) is 29.3. The molecular weight excluding hydrogens is 662 g/mol. The van der Waals surface area contributed by atoms with Crippen LogP contribution in [0.25, 0.3) is 0 Å². The van der Waals surface area contributed by atoms with Crippen molar-refractivity contribution in [1.82, 2.24) is 10.2 Å². The van der Waals surface area contributed by atoms with Gasteiger partial charge in [-0.3, -0.25) is 13.9 Å². The maximum atomic E-state index is 14.0. The molecule has 13 heteroatoms. The van der Waals surface area contributed by atoms with E-state index < -0.39 is 33.7 Å². The van der Waals surface area contributed by atoms with Crippen LogP contribution in [-0.4, -0.2) is 50.0 Å². The molecule has 248 valence electrons. The molecule has 1 saturated carbocycles. The van der Waals surface area contributed by atoms with Crippen molar-refractivity contribution in [3.8, 4) is 0 Å². The summed E-state index contributed by atoms with van der Waals surface area (Å²) in [6, 6.07) is 17.2. The maximum absolute atomic E-state index is 14.0. The van der Waals surface area contributed by atoms with Crippen LogP contribution in [-0.2, 0) is 38.8 Å². The lowest BCUT2D eigenvalue weighted by molar-refractivity contribution is -0.141. The summed E-state index contributed by atoms with van der Waals surface area (Å²) in [7, 11) is -3.99. The summed E-state index contributed by atoms with van der Waals surface area (Å²) >= 11 is 12.6. The number of hydrogen-bond donors (Lipinski definition) is 1. The Bertz CT molecular complexity index is 1620. The number of halogens is 5. The number of anilines is 1. The Hall–Kier alpha value is -3.28. The predicted octanol–water partition coefficient (Wildman–Crippen LogP) is 7.26. The molecule has 2 amide bonds. The molecule has 1 N–H and O–H groups in total. The second-order valence-electron chi connectivity index (χ2n) is 11.4. The SMILES string of the molecule is CS(=O)(=O)N(CCCC(=O)N(Cc1ccc(Cl)cc1Cl)[C@H](Cc1ccccc1)C(=O)NC1CCCC1)c1cccc(C(F)(F)F)c1. The molecule has 0 bridgehead atoms. The molecule has 46 heavy (non-hydrogen) atoms. The lowest BCUT2D eigenvalue weighted by atomic mass is 10.0. The van der Waals surface area contributed by atoms with Crippen LogP contribution in [0, 0.1) is 0 Å². The third-order valence-corrected chi connectivity index (χ3v) is 9.72. The molecule has 0 spiro atoms. The van der Waals surface area contributed by atoms with Gasteiger partial charge < -0.3 is 10.2 Å². The van der Waals surface area contributed by atoms with E-state index >= 15 is 0 Å². The average Bonchev–Trinajstić information content (AvgIpc) is 3.50. The fourth-order valence-electron chi connectivity index (χ4n) is 5.60. The number of carbonyl (C=O) groups excluding carboxylic acids is 2. The Morgan fingerprint density at radius 1 is 0.978 bits per heavy atom. The maximum Gasteiger partial charge on any atom is 0.416 e. The van der Waals surface area contributed by atoms with Crippen molar-refractivity contribution in [2.45, 2.75) is 69.8 Å². The van der Waals surface area contributed by atoms with Crippen molar-refractivity contribution in [3.05, 3.63) is 99.5 Å². The second-order valence-corrected chi connectivity index (χ2v) is 14.2. The molecule has 0 unspecified atom stereocenters. The van der Waals surface area contributed by atoms with Gasteiger partial charge >= 0.3 is 6.18 Å². The first-order valence-electron chi connectivity index (χ1n) is 14.9. The van der Waals surface area contributed by atoms with Gasteiger partial charge in [-0.25, -0.2) is 8.42 Å². The summed E-state index contributed by atoms with van der Waals surface area (Å²) in [6.07, 6.45) is -0.0581. The van der Waals surface area contributed by atoms with Crippen LogP contribution in [0.4, 0.5) is 18.9 Å². The van der Waals surface area contributed by atoms with Crippen molar-refractivity contribution in [3.63, 3.8) is 0 Å². The standard InChI is InChI=1S/C33H36Cl2F3N3O4S/c1-46(44,45)41(28-14-7-11-25(20-28)33(36,37)38)18-8-15-31(42)40(22-24-16-17-26(34)21-29(24)35)30(19-23-9-3-2-4-10-23)32(43)39-27-12-5-6-13-27/h2-4,7,9-11,14,16-17,20-21,27,30H,5-6,8,12-13,15,18-19,22H2,1H3,(H,39,43)/t30-/m1/s1. The van der Waals surface area contributed by atoms with Crippen LogP contribution in [0.1, 0.15) is 55.2 Å².